The Hall–Kier alpha value is -1.13. The molecule has 134 valence electrons. The van der Waals surface area contributed by atoms with Gasteiger partial charge in [-0.1, -0.05) is 31.4 Å². The van der Waals surface area contributed by atoms with Gasteiger partial charge in [0.05, 0.1) is 5.41 Å². The smallest absolute Gasteiger partial charge is 0.233 e. The quantitative estimate of drug-likeness (QED) is 0.900. The van der Waals surface area contributed by atoms with E-state index < -0.39 is 5.41 Å². The van der Waals surface area contributed by atoms with E-state index in [2.05, 4.69) is 6.92 Å². The van der Waals surface area contributed by atoms with Crippen LogP contribution >= 0.6 is 12.4 Å². The van der Waals surface area contributed by atoms with Gasteiger partial charge >= 0.3 is 0 Å². The molecule has 1 aromatic rings. The number of likely N-dealkylation sites (tertiary alicyclic amines) is 1. The maximum absolute atomic E-state index is 13.5. The molecule has 1 aromatic carbocycles. The van der Waals surface area contributed by atoms with Gasteiger partial charge in [0.2, 0.25) is 5.91 Å². The van der Waals surface area contributed by atoms with Crippen molar-refractivity contribution in [2.24, 2.45) is 11.7 Å². The van der Waals surface area contributed by atoms with E-state index in [1.807, 2.05) is 4.90 Å². The van der Waals surface area contributed by atoms with Crippen LogP contribution in [0.15, 0.2) is 24.3 Å². The van der Waals surface area contributed by atoms with E-state index in [9.17, 15) is 9.18 Å². The molecule has 1 heterocycles. The van der Waals surface area contributed by atoms with Crippen LogP contribution in [0.25, 0.3) is 0 Å². The van der Waals surface area contributed by atoms with E-state index in [4.69, 9.17) is 5.73 Å². The molecule has 0 radical (unpaired) electrons. The molecular formula is C19H28ClFN2O. The highest BCUT2D eigenvalue weighted by Crippen LogP contribution is 2.42. The van der Waals surface area contributed by atoms with Gasteiger partial charge in [-0.3, -0.25) is 4.79 Å². The summed E-state index contributed by atoms with van der Waals surface area (Å²) in [6.45, 7) is 3.52. The monoisotopic (exact) mass is 354 g/mol. The van der Waals surface area contributed by atoms with Crippen LogP contribution in [0.5, 0.6) is 0 Å². The summed E-state index contributed by atoms with van der Waals surface area (Å²) in [5.74, 6) is 0.389. The number of hydrogen-bond donors (Lipinski definition) is 1. The zero-order valence-electron chi connectivity index (χ0n) is 14.3. The number of rotatable bonds is 3. The fourth-order valence-electron chi connectivity index (χ4n) is 4.42. The Kier molecular flexibility index (Phi) is 6.27. The average molecular weight is 355 g/mol. The zero-order chi connectivity index (χ0) is 16.4. The van der Waals surface area contributed by atoms with E-state index in [0.29, 0.717) is 12.5 Å². The summed E-state index contributed by atoms with van der Waals surface area (Å²) in [5, 5.41) is 0. The molecule has 1 saturated carbocycles. The average Bonchev–Trinajstić information content (AvgIpc) is 2.96. The first kappa shape index (κ1) is 19.2. The SMILES string of the molecule is CC1CC(CN)CN1C(=O)C1(c2ccc(F)cc2)CCCCC1.Cl. The molecule has 1 saturated heterocycles. The highest BCUT2D eigenvalue weighted by molar-refractivity contribution is 5.89. The molecule has 1 amide bonds. The Morgan fingerprint density at radius 2 is 1.88 bits per heavy atom. The first-order valence-electron chi connectivity index (χ1n) is 8.84. The van der Waals surface area contributed by atoms with Gasteiger partial charge in [0, 0.05) is 12.6 Å². The minimum Gasteiger partial charge on any atom is -0.339 e. The van der Waals surface area contributed by atoms with Crippen LogP contribution in [0, 0.1) is 11.7 Å². The lowest BCUT2D eigenvalue weighted by molar-refractivity contribution is -0.139. The minimum atomic E-state index is -0.469. The van der Waals surface area contributed by atoms with Crippen LogP contribution in [-0.2, 0) is 10.2 Å². The fraction of sp³-hybridized carbons (Fsp3) is 0.632. The van der Waals surface area contributed by atoms with Gasteiger partial charge in [0.15, 0.2) is 0 Å². The normalized spacial score (nSPS) is 26.0. The third-order valence-electron chi connectivity index (χ3n) is 5.77. The van der Waals surface area contributed by atoms with Gasteiger partial charge in [0.1, 0.15) is 5.82 Å². The minimum absolute atomic E-state index is 0. The maximum atomic E-state index is 13.5. The van der Waals surface area contributed by atoms with Crippen molar-refractivity contribution < 1.29 is 9.18 Å². The topological polar surface area (TPSA) is 46.3 Å². The van der Waals surface area contributed by atoms with Crippen molar-refractivity contribution in [1.29, 1.82) is 0 Å². The second kappa shape index (κ2) is 7.83. The standard InChI is InChI=1S/C19H27FN2O.ClH/c1-14-11-15(12-21)13-22(14)18(23)19(9-3-2-4-10-19)16-5-7-17(20)8-6-16;/h5-8,14-15H,2-4,9-13,21H2,1H3;1H. The lowest BCUT2D eigenvalue weighted by Crippen LogP contribution is -2.49. The maximum Gasteiger partial charge on any atom is 0.233 e. The number of carbonyl (C=O) groups excluding carboxylic acids is 1. The second-order valence-electron chi connectivity index (χ2n) is 7.29. The number of amides is 1. The molecule has 2 aliphatic rings. The molecule has 2 unspecified atom stereocenters. The van der Waals surface area contributed by atoms with E-state index in [1.54, 1.807) is 12.1 Å². The predicted octanol–water partition coefficient (Wildman–Crippen LogP) is 3.65. The summed E-state index contributed by atoms with van der Waals surface area (Å²) in [6.07, 6.45) is 6.03. The molecule has 24 heavy (non-hydrogen) atoms. The fourth-order valence-corrected chi connectivity index (χ4v) is 4.42. The highest BCUT2D eigenvalue weighted by Gasteiger charge is 2.46. The van der Waals surface area contributed by atoms with E-state index in [0.717, 1.165) is 44.2 Å². The summed E-state index contributed by atoms with van der Waals surface area (Å²) in [7, 11) is 0. The van der Waals surface area contributed by atoms with Crippen LogP contribution in [0.4, 0.5) is 4.39 Å². The Labute approximate surface area is 150 Å². The number of nitrogens with zero attached hydrogens (tertiary/aromatic N) is 1. The predicted molar refractivity (Wildman–Crippen MR) is 96.7 cm³/mol. The Morgan fingerprint density at radius 1 is 1.25 bits per heavy atom. The Bertz CT molecular complexity index is 557. The van der Waals surface area contributed by atoms with Crippen LogP contribution in [0.1, 0.15) is 51.0 Å². The van der Waals surface area contributed by atoms with Crippen molar-refractivity contribution in [3.05, 3.63) is 35.6 Å². The molecule has 3 rings (SSSR count). The van der Waals surface area contributed by atoms with Crippen molar-refractivity contribution in [3.8, 4) is 0 Å². The summed E-state index contributed by atoms with van der Waals surface area (Å²) in [6, 6.07) is 6.82. The Balaban J connectivity index is 0.00000208. The van der Waals surface area contributed by atoms with Crippen molar-refractivity contribution >= 4 is 18.3 Å². The molecule has 2 N–H and O–H groups in total. The van der Waals surface area contributed by atoms with Crippen LogP contribution in [0.2, 0.25) is 0 Å². The first-order chi connectivity index (χ1) is 11.1. The van der Waals surface area contributed by atoms with Gasteiger partial charge in [-0.05, 0) is 56.3 Å². The van der Waals surface area contributed by atoms with Crippen molar-refractivity contribution in [2.75, 3.05) is 13.1 Å². The second-order valence-corrected chi connectivity index (χ2v) is 7.29. The number of hydrogen-bond acceptors (Lipinski definition) is 2. The lowest BCUT2D eigenvalue weighted by atomic mass is 9.68. The third kappa shape index (κ3) is 3.45. The molecular weight excluding hydrogens is 327 g/mol. The number of benzene rings is 1. The highest BCUT2D eigenvalue weighted by atomic mass is 35.5. The number of nitrogens with two attached hydrogens (primary N) is 1. The summed E-state index contributed by atoms with van der Waals surface area (Å²) < 4.78 is 13.3. The summed E-state index contributed by atoms with van der Waals surface area (Å²) >= 11 is 0. The molecule has 0 bridgehead atoms. The summed E-state index contributed by atoms with van der Waals surface area (Å²) in [5.41, 5.74) is 6.33. The molecule has 1 aliphatic carbocycles. The van der Waals surface area contributed by atoms with Crippen LogP contribution in [-0.4, -0.2) is 29.9 Å². The van der Waals surface area contributed by atoms with Gasteiger partial charge in [0.25, 0.3) is 0 Å². The van der Waals surface area contributed by atoms with Crippen molar-refractivity contribution in [3.63, 3.8) is 0 Å². The van der Waals surface area contributed by atoms with Crippen LogP contribution < -0.4 is 5.73 Å². The van der Waals surface area contributed by atoms with Gasteiger partial charge < -0.3 is 10.6 Å². The Morgan fingerprint density at radius 3 is 2.42 bits per heavy atom. The molecule has 0 spiro atoms. The lowest BCUT2D eigenvalue weighted by Gasteiger charge is -2.40. The molecule has 2 fully saturated rings. The third-order valence-corrected chi connectivity index (χ3v) is 5.77. The first-order valence-corrected chi connectivity index (χ1v) is 8.84. The van der Waals surface area contributed by atoms with Crippen LogP contribution in [0.3, 0.4) is 0 Å². The van der Waals surface area contributed by atoms with Gasteiger partial charge in [-0.25, -0.2) is 4.39 Å². The van der Waals surface area contributed by atoms with Gasteiger partial charge in [-0.15, -0.1) is 12.4 Å². The van der Waals surface area contributed by atoms with E-state index in [1.165, 1.54) is 18.6 Å². The largest absolute Gasteiger partial charge is 0.339 e. The van der Waals surface area contributed by atoms with Crippen molar-refractivity contribution in [1.82, 2.24) is 4.90 Å². The number of carbonyl (C=O) groups is 1. The molecule has 2 atom stereocenters. The molecule has 1 aliphatic heterocycles. The summed E-state index contributed by atoms with van der Waals surface area (Å²) in [4.78, 5) is 15.5. The molecule has 3 nitrogen and oxygen atoms in total. The number of halogens is 2. The zero-order valence-corrected chi connectivity index (χ0v) is 15.2. The van der Waals surface area contributed by atoms with E-state index >= 15 is 0 Å². The molecule has 0 aromatic heterocycles. The van der Waals surface area contributed by atoms with E-state index in [-0.39, 0.29) is 30.2 Å². The van der Waals surface area contributed by atoms with Gasteiger partial charge in [-0.2, -0.15) is 0 Å². The molecule has 5 heteroatoms. The van der Waals surface area contributed by atoms with Crippen molar-refractivity contribution in [2.45, 2.75) is 56.9 Å².